The van der Waals surface area contributed by atoms with Gasteiger partial charge in [-0.1, -0.05) is 182 Å². The van der Waals surface area contributed by atoms with Crippen molar-refractivity contribution in [3.8, 4) is 20.9 Å². The van der Waals surface area contributed by atoms with Gasteiger partial charge in [0.1, 0.15) is 0 Å². The second-order valence-electron chi connectivity index (χ2n) is 14.0. The maximum absolute atomic E-state index is 2.45. The topological polar surface area (TPSA) is 0 Å². The normalized spacial score (nSPS) is 15.7. The molecule has 6 aromatic rings. The number of rotatable bonds is 10. The molecule has 1 aromatic heterocycles. The van der Waals surface area contributed by atoms with Gasteiger partial charge in [0.05, 0.1) is 0 Å². The van der Waals surface area contributed by atoms with Crippen LogP contribution in [-0.4, -0.2) is 0 Å². The SMILES string of the molecule is CC=CC/C(=C\C=C/C)c1cccc(/C(c2ccccc2C)=c2\ccc(-c3ccc(-c4ccccc4)s3)c\c2=C(\C)C2C=CC=CC=C2c2ccccc2)c1. The molecular weight excluding hydrogens is 681 g/mol. The first-order valence-corrected chi connectivity index (χ1v) is 20.1. The molecule has 1 heteroatoms. The Morgan fingerprint density at radius 1 is 0.618 bits per heavy atom. The molecule has 0 fully saturated rings. The second kappa shape index (κ2) is 17.9. The van der Waals surface area contributed by atoms with Crippen molar-refractivity contribution in [1.29, 1.82) is 0 Å². The maximum Gasteiger partial charge on any atom is 0.0349 e. The third kappa shape index (κ3) is 8.54. The lowest BCUT2D eigenvalue weighted by Crippen LogP contribution is -2.31. The molecule has 55 heavy (non-hydrogen) atoms. The second-order valence-corrected chi connectivity index (χ2v) is 15.1. The minimum absolute atomic E-state index is 0.0790. The van der Waals surface area contributed by atoms with Crippen LogP contribution in [-0.2, 0) is 0 Å². The van der Waals surface area contributed by atoms with E-state index in [4.69, 9.17) is 0 Å². The lowest BCUT2D eigenvalue weighted by molar-refractivity contribution is 1.09. The molecule has 0 radical (unpaired) electrons. The fourth-order valence-corrected chi connectivity index (χ4v) is 8.48. The Kier molecular flexibility index (Phi) is 12.1. The molecule has 0 bridgehead atoms. The van der Waals surface area contributed by atoms with Crippen LogP contribution in [0.15, 0.2) is 200 Å². The molecular formula is C54H48S. The first-order valence-electron chi connectivity index (χ1n) is 19.3. The summed E-state index contributed by atoms with van der Waals surface area (Å²) in [7, 11) is 0. The Labute approximate surface area is 331 Å². The van der Waals surface area contributed by atoms with Crippen molar-refractivity contribution in [2.75, 3.05) is 0 Å². The highest BCUT2D eigenvalue weighted by Gasteiger charge is 2.19. The molecule has 1 aliphatic carbocycles. The first kappa shape index (κ1) is 37.3. The van der Waals surface area contributed by atoms with Crippen molar-refractivity contribution in [3.63, 3.8) is 0 Å². The molecule has 0 saturated heterocycles. The molecule has 7 rings (SSSR count). The minimum Gasteiger partial charge on any atom is -0.135 e. The van der Waals surface area contributed by atoms with Gasteiger partial charge in [0.15, 0.2) is 0 Å². The molecule has 0 spiro atoms. The molecule has 1 heterocycles. The van der Waals surface area contributed by atoms with Crippen molar-refractivity contribution in [3.05, 3.63) is 239 Å². The summed E-state index contributed by atoms with van der Waals surface area (Å²) in [5.74, 6) is 0.0790. The van der Waals surface area contributed by atoms with Crippen LogP contribution in [0.25, 0.3) is 43.2 Å². The number of benzene rings is 5. The van der Waals surface area contributed by atoms with Crippen LogP contribution in [0.4, 0.5) is 0 Å². The number of thiophene rings is 1. The van der Waals surface area contributed by atoms with E-state index >= 15 is 0 Å². The van der Waals surface area contributed by atoms with Gasteiger partial charge in [-0.3, -0.25) is 0 Å². The van der Waals surface area contributed by atoms with E-state index in [0.29, 0.717) is 0 Å². The van der Waals surface area contributed by atoms with Crippen molar-refractivity contribution >= 4 is 33.6 Å². The quantitative estimate of drug-likeness (QED) is 0.0973. The number of allylic oxidation sites excluding steroid dienone is 12. The van der Waals surface area contributed by atoms with Gasteiger partial charge in [-0.05, 0) is 124 Å². The molecule has 0 aliphatic heterocycles. The summed E-state index contributed by atoms with van der Waals surface area (Å²) < 4.78 is 0. The van der Waals surface area contributed by atoms with Crippen molar-refractivity contribution in [2.45, 2.75) is 34.1 Å². The lowest BCUT2D eigenvalue weighted by Gasteiger charge is -2.20. The van der Waals surface area contributed by atoms with E-state index in [1.165, 1.54) is 81.4 Å². The van der Waals surface area contributed by atoms with E-state index in [1.807, 2.05) is 11.3 Å². The molecule has 0 saturated carbocycles. The molecule has 5 aromatic carbocycles. The van der Waals surface area contributed by atoms with Crippen LogP contribution in [0, 0.1) is 12.8 Å². The Morgan fingerprint density at radius 2 is 1.33 bits per heavy atom. The summed E-state index contributed by atoms with van der Waals surface area (Å²) in [4.78, 5) is 2.54. The van der Waals surface area contributed by atoms with Gasteiger partial charge in [-0.15, -0.1) is 11.3 Å². The van der Waals surface area contributed by atoms with Crippen molar-refractivity contribution in [1.82, 2.24) is 0 Å². The molecule has 0 nitrogen and oxygen atoms in total. The fraction of sp³-hybridized carbons (Fsp3) is 0.111. The van der Waals surface area contributed by atoms with Crippen LogP contribution in [0.3, 0.4) is 0 Å². The molecule has 0 N–H and O–H groups in total. The van der Waals surface area contributed by atoms with Gasteiger partial charge in [-0.2, -0.15) is 0 Å². The lowest BCUT2D eigenvalue weighted by atomic mass is 9.84. The summed E-state index contributed by atoms with van der Waals surface area (Å²) in [6.45, 7) is 8.74. The Bertz CT molecular complexity index is 2580. The van der Waals surface area contributed by atoms with Gasteiger partial charge in [0.25, 0.3) is 0 Å². The summed E-state index contributed by atoms with van der Waals surface area (Å²) in [6, 6.07) is 51.2. The smallest absolute Gasteiger partial charge is 0.0349 e. The number of hydrogen-bond acceptors (Lipinski definition) is 1. The average molecular weight is 729 g/mol. The zero-order valence-corrected chi connectivity index (χ0v) is 33.1. The van der Waals surface area contributed by atoms with E-state index in [0.717, 1.165) is 6.42 Å². The van der Waals surface area contributed by atoms with Gasteiger partial charge in [-0.25, -0.2) is 0 Å². The molecule has 1 aliphatic rings. The van der Waals surface area contributed by atoms with E-state index in [2.05, 4.69) is 228 Å². The average Bonchev–Trinajstić information content (AvgIpc) is 3.60. The predicted octanol–water partition coefficient (Wildman–Crippen LogP) is 13.6. The largest absolute Gasteiger partial charge is 0.135 e. The van der Waals surface area contributed by atoms with Crippen molar-refractivity contribution < 1.29 is 0 Å². The van der Waals surface area contributed by atoms with Crippen LogP contribution < -0.4 is 10.4 Å². The zero-order valence-electron chi connectivity index (χ0n) is 32.2. The van der Waals surface area contributed by atoms with E-state index in [1.54, 1.807) is 0 Å². The van der Waals surface area contributed by atoms with E-state index in [9.17, 15) is 0 Å². The summed E-state index contributed by atoms with van der Waals surface area (Å²) >= 11 is 1.85. The molecule has 1 unspecified atom stereocenters. The number of hydrogen-bond donors (Lipinski definition) is 0. The third-order valence-corrected chi connectivity index (χ3v) is 11.6. The molecule has 1 atom stereocenters. The Balaban J connectivity index is 1.55. The van der Waals surface area contributed by atoms with Crippen LogP contribution in [0.5, 0.6) is 0 Å². The highest BCUT2D eigenvalue weighted by molar-refractivity contribution is 7.18. The molecule has 270 valence electrons. The van der Waals surface area contributed by atoms with Gasteiger partial charge in [0.2, 0.25) is 0 Å². The summed E-state index contributed by atoms with van der Waals surface area (Å²) in [5, 5.41) is 2.49. The number of aryl methyl sites for hydroxylation is 1. The van der Waals surface area contributed by atoms with E-state index in [-0.39, 0.29) is 5.92 Å². The van der Waals surface area contributed by atoms with Gasteiger partial charge >= 0.3 is 0 Å². The van der Waals surface area contributed by atoms with Crippen LogP contribution in [0.1, 0.15) is 55.0 Å². The molecule has 0 amide bonds. The fourth-order valence-electron chi connectivity index (χ4n) is 7.47. The van der Waals surface area contributed by atoms with Crippen LogP contribution >= 0.6 is 11.3 Å². The monoisotopic (exact) mass is 728 g/mol. The van der Waals surface area contributed by atoms with Gasteiger partial charge in [0, 0.05) is 15.7 Å². The highest BCUT2D eigenvalue weighted by atomic mass is 32.1. The summed E-state index contributed by atoms with van der Waals surface area (Å²) in [5.41, 5.74) is 13.8. The predicted molar refractivity (Wildman–Crippen MR) is 241 cm³/mol. The van der Waals surface area contributed by atoms with Crippen LogP contribution in [0.2, 0.25) is 0 Å². The van der Waals surface area contributed by atoms with Gasteiger partial charge < -0.3 is 0 Å². The highest BCUT2D eigenvalue weighted by Crippen LogP contribution is 2.36. The zero-order chi connectivity index (χ0) is 38.0. The third-order valence-electron chi connectivity index (χ3n) is 10.4. The minimum atomic E-state index is 0.0790. The first-order chi connectivity index (χ1) is 27.1. The Hall–Kier alpha value is -6.02. The van der Waals surface area contributed by atoms with E-state index < -0.39 is 0 Å². The standard InChI is InChI=1S/C54H48S/c1-5-7-22-41(23-8-6-2)44-28-20-29-46(37-44)54(47-30-19-18-21-39(47)3)50-34-33-45(53-36-35-52(55-53)43-26-14-10-15-27-43)38-51(50)40(4)48-31-16-11-17-32-49(48)42-24-12-9-13-25-42/h5-22,24-38,48H,23H2,1-4H3/b7-5-,8-6?,41-22+,51-40+,54-50-. The van der Waals surface area contributed by atoms with Crippen molar-refractivity contribution in [2.24, 2.45) is 5.92 Å². The maximum atomic E-state index is 2.45. The Morgan fingerprint density at radius 3 is 2.07 bits per heavy atom. The summed E-state index contributed by atoms with van der Waals surface area (Å²) in [6.07, 6.45) is 22.9.